The van der Waals surface area contributed by atoms with E-state index < -0.39 is 6.10 Å². The molecule has 1 fully saturated rings. The van der Waals surface area contributed by atoms with E-state index in [4.69, 9.17) is 15.7 Å². The Morgan fingerprint density at radius 1 is 1.19 bits per heavy atom. The summed E-state index contributed by atoms with van der Waals surface area (Å²) in [5.41, 5.74) is 12.0. The van der Waals surface area contributed by atoms with Gasteiger partial charge in [-0.05, 0) is 79.8 Å². The van der Waals surface area contributed by atoms with Gasteiger partial charge in [0.2, 0.25) is 5.91 Å². The Morgan fingerprint density at radius 3 is 2.84 bits per heavy atom. The number of benzene rings is 1. The van der Waals surface area contributed by atoms with Gasteiger partial charge < -0.3 is 21.1 Å². The Labute approximate surface area is 249 Å². The lowest BCUT2D eigenvalue weighted by molar-refractivity contribution is -0.129. The number of carbonyl (C=O) groups excluding carboxylic acids is 1. The van der Waals surface area contributed by atoms with E-state index in [1.54, 1.807) is 11.1 Å². The first-order valence-electron chi connectivity index (χ1n) is 14.8. The number of fused-ring (bicyclic) bond motifs is 2. The maximum absolute atomic E-state index is 12.0. The van der Waals surface area contributed by atoms with Crippen LogP contribution in [0.15, 0.2) is 66.4 Å². The van der Waals surface area contributed by atoms with Gasteiger partial charge in [0.1, 0.15) is 11.3 Å². The number of likely N-dealkylation sites (tertiary alicyclic amines) is 1. The number of aliphatic hydroxyl groups excluding tert-OH is 1. The summed E-state index contributed by atoms with van der Waals surface area (Å²) in [6.07, 6.45) is 7.67. The van der Waals surface area contributed by atoms with Crippen molar-refractivity contribution in [1.82, 2.24) is 29.7 Å². The number of β-amino-alcohol motifs (C(OH)–C–C–N with tert-alkyl or cyclic N) is 1. The number of pyridine rings is 2. The molecule has 0 bridgehead atoms. The lowest BCUT2D eigenvalue weighted by Gasteiger charge is -2.37. The van der Waals surface area contributed by atoms with Crippen LogP contribution in [0.4, 0.5) is 11.6 Å². The maximum Gasteiger partial charge on any atom is 0.246 e. The molecule has 3 unspecified atom stereocenters. The SMILES string of the molecule is C=CC(=O)N1CCC(N[C@H]2CCc3cc(-n4c(-c5cccnc5N)nc5ccc(N6N=CCC6C)nc54)ccc32)C(O)C1. The minimum atomic E-state index is -0.631. The van der Waals surface area contributed by atoms with Gasteiger partial charge >= 0.3 is 0 Å². The van der Waals surface area contributed by atoms with Crippen molar-refractivity contribution in [2.24, 2.45) is 5.10 Å². The Morgan fingerprint density at radius 2 is 2.07 bits per heavy atom. The number of anilines is 2. The van der Waals surface area contributed by atoms with E-state index in [-0.39, 0.29) is 24.0 Å². The smallest absolute Gasteiger partial charge is 0.246 e. The fourth-order valence-electron chi connectivity index (χ4n) is 6.52. The minimum absolute atomic E-state index is 0.0829. The molecule has 1 aliphatic carbocycles. The van der Waals surface area contributed by atoms with Gasteiger partial charge in [-0.25, -0.2) is 20.0 Å². The third-order valence-electron chi connectivity index (χ3n) is 8.82. The minimum Gasteiger partial charge on any atom is -0.390 e. The van der Waals surface area contributed by atoms with E-state index in [2.05, 4.69) is 51.7 Å². The van der Waals surface area contributed by atoms with Crippen LogP contribution in [0.25, 0.3) is 28.2 Å². The Bertz CT molecular complexity index is 1750. The van der Waals surface area contributed by atoms with Crippen molar-refractivity contribution < 1.29 is 9.90 Å². The molecule has 4 atom stereocenters. The number of amides is 1. The fraction of sp³-hybridized carbons (Fsp3) is 0.344. The number of hydrogen-bond donors (Lipinski definition) is 3. The van der Waals surface area contributed by atoms with Crippen LogP contribution in [0.2, 0.25) is 0 Å². The van der Waals surface area contributed by atoms with Crippen LogP contribution >= 0.6 is 0 Å². The molecule has 11 nitrogen and oxygen atoms in total. The highest BCUT2D eigenvalue weighted by Crippen LogP contribution is 2.37. The van der Waals surface area contributed by atoms with Gasteiger partial charge in [0.15, 0.2) is 17.3 Å². The number of piperidine rings is 1. The van der Waals surface area contributed by atoms with Gasteiger partial charge in [0, 0.05) is 49.7 Å². The zero-order valence-corrected chi connectivity index (χ0v) is 24.1. The quantitative estimate of drug-likeness (QED) is 0.297. The molecule has 3 aliphatic rings. The number of aromatic nitrogens is 4. The normalized spacial score (nSPS) is 23.2. The van der Waals surface area contributed by atoms with Crippen LogP contribution in [0.5, 0.6) is 0 Å². The van der Waals surface area contributed by atoms with Crippen molar-refractivity contribution >= 4 is 34.9 Å². The molecular weight excluding hydrogens is 542 g/mol. The van der Waals surface area contributed by atoms with E-state index >= 15 is 0 Å². The number of nitrogens with zero attached hydrogens (tertiary/aromatic N) is 7. The van der Waals surface area contributed by atoms with Crippen LogP contribution in [-0.4, -0.2) is 72.9 Å². The molecule has 0 radical (unpaired) electrons. The van der Waals surface area contributed by atoms with Crippen molar-refractivity contribution in [2.45, 2.75) is 56.8 Å². The number of rotatable bonds is 6. The zero-order valence-electron chi connectivity index (χ0n) is 24.1. The molecule has 0 saturated carbocycles. The second-order valence-electron chi connectivity index (χ2n) is 11.5. The van der Waals surface area contributed by atoms with E-state index in [0.717, 1.165) is 47.5 Å². The number of carbonyl (C=O) groups is 1. The fourth-order valence-corrected chi connectivity index (χ4v) is 6.52. The monoisotopic (exact) mass is 577 g/mol. The number of nitrogens with two attached hydrogens (primary N) is 1. The summed E-state index contributed by atoms with van der Waals surface area (Å²) in [6, 6.07) is 14.5. The molecule has 3 aromatic heterocycles. The van der Waals surface area contributed by atoms with E-state index in [0.29, 0.717) is 31.2 Å². The third-order valence-corrected chi connectivity index (χ3v) is 8.82. The van der Waals surface area contributed by atoms with Gasteiger partial charge in [0.25, 0.3) is 0 Å². The number of nitrogen functional groups attached to an aromatic ring is 1. The Hall–Kier alpha value is -4.61. The molecule has 7 rings (SSSR count). The van der Waals surface area contributed by atoms with Crippen molar-refractivity contribution in [3.63, 3.8) is 0 Å². The predicted molar refractivity (Wildman–Crippen MR) is 167 cm³/mol. The lowest BCUT2D eigenvalue weighted by Crippen LogP contribution is -2.54. The number of imidazole rings is 1. The molecule has 1 amide bonds. The number of nitrogens with one attached hydrogen (secondary N) is 1. The van der Waals surface area contributed by atoms with Crippen molar-refractivity contribution in [3.05, 3.63) is 72.4 Å². The molecule has 5 heterocycles. The Balaban J connectivity index is 1.24. The molecular formula is C32H35N9O2. The number of aliphatic hydroxyl groups is 1. The van der Waals surface area contributed by atoms with E-state index in [9.17, 15) is 9.90 Å². The highest BCUT2D eigenvalue weighted by atomic mass is 16.3. The highest BCUT2D eigenvalue weighted by Gasteiger charge is 2.33. The second-order valence-corrected chi connectivity index (χ2v) is 11.5. The summed E-state index contributed by atoms with van der Waals surface area (Å²) in [4.78, 5) is 28.0. The summed E-state index contributed by atoms with van der Waals surface area (Å²) < 4.78 is 2.06. The average Bonchev–Trinajstić information content (AvgIpc) is 3.74. The first kappa shape index (κ1) is 27.2. The van der Waals surface area contributed by atoms with Gasteiger partial charge in [-0.1, -0.05) is 12.6 Å². The second kappa shape index (κ2) is 10.9. The highest BCUT2D eigenvalue weighted by molar-refractivity contribution is 5.87. The first-order valence-corrected chi connectivity index (χ1v) is 14.8. The maximum atomic E-state index is 12.0. The predicted octanol–water partition coefficient (Wildman–Crippen LogP) is 3.37. The average molecular weight is 578 g/mol. The standard InChI is InChI=1S/C32H35N9O2/c1-3-29(43)39-16-13-25(27(42)18-39)36-24-9-6-20-17-21(7-8-22(20)24)40-31(23-5-4-14-34-30(23)33)37-26-10-11-28(38-32(26)40)41-19(2)12-15-35-41/h3-5,7-8,10-11,14-15,17,19,24-25,27,36,42H,1,6,9,12-13,16,18H2,2H3,(H2,33,34)/t19?,24-,25?,27?/m0/s1. The zero-order chi connectivity index (χ0) is 29.7. The largest absolute Gasteiger partial charge is 0.390 e. The summed E-state index contributed by atoms with van der Waals surface area (Å²) in [7, 11) is 0. The molecule has 4 N–H and O–H groups in total. The van der Waals surface area contributed by atoms with E-state index in [1.165, 1.54) is 17.2 Å². The van der Waals surface area contributed by atoms with Gasteiger partial charge in [-0.2, -0.15) is 5.10 Å². The van der Waals surface area contributed by atoms with E-state index in [1.807, 2.05) is 35.5 Å². The number of aryl methyl sites for hydroxylation is 1. The van der Waals surface area contributed by atoms with Crippen molar-refractivity contribution in [3.8, 4) is 17.1 Å². The molecule has 0 spiro atoms. The van der Waals surface area contributed by atoms with Crippen molar-refractivity contribution in [1.29, 1.82) is 0 Å². The topological polar surface area (TPSA) is 138 Å². The molecule has 2 aliphatic heterocycles. The summed E-state index contributed by atoms with van der Waals surface area (Å²) in [5.74, 6) is 1.71. The molecule has 1 saturated heterocycles. The summed E-state index contributed by atoms with van der Waals surface area (Å²) >= 11 is 0. The van der Waals surface area contributed by atoms with Gasteiger partial charge in [0.05, 0.1) is 17.7 Å². The molecule has 1 aromatic carbocycles. The van der Waals surface area contributed by atoms with Crippen LogP contribution in [0, 0.1) is 0 Å². The lowest BCUT2D eigenvalue weighted by atomic mass is 9.99. The van der Waals surface area contributed by atoms with Crippen LogP contribution in [0.1, 0.15) is 43.4 Å². The number of hydrogen-bond acceptors (Lipinski definition) is 9. The van der Waals surface area contributed by atoms with Crippen LogP contribution in [-0.2, 0) is 11.2 Å². The summed E-state index contributed by atoms with van der Waals surface area (Å²) in [6.45, 7) is 6.61. The van der Waals surface area contributed by atoms with Crippen LogP contribution < -0.4 is 16.1 Å². The van der Waals surface area contributed by atoms with Gasteiger partial charge in [-0.15, -0.1) is 0 Å². The van der Waals surface area contributed by atoms with Gasteiger partial charge in [-0.3, -0.25) is 9.36 Å². The molecule has 43 heavy (non-hydrogen) atoms. The Kier molecular flexibility index (Phi) is 6.91. The molecule has 220 valence electrons. The summed E-state index contributed by atoms with van der Waals surface area (Å²) in [5, 5.41) is 21.0. The van der Waals surface area contributed by atoms with Crippen molar-refractivity contribution in [2.75, 3.05) is 23.8 Å². The van der Waals surface area contributed by atoms with Crippen LogP contribution in [0.3, 0.4) is 0 Å². The molecule has 11 heteroatoms. The third kappa shape index (κ3) is 4.84. The molecule has 4 aromatic rings. The first-order chi connectivity index (χ1) is 20.9. The number of hydrazone groups is 1.